The largest absolute Gasteiger partial charge is 0.367 e. The molecular formula is C12H11N3O. The standard InChI is InChI=1S/C12H11N3O/c1-6-3-8-5-9-11(13)16-15-12(9)14-10(8)4-7(6)2/h3-5H,13H2,1-2H3. The van der Waals surface area contributed by atoms with E-state index in [0.717, 1.165) is 16.3 Å². The van der Waals surface area contributed by atoms with Gasteiger partial charge in [0.2, 0.25) is 11.5 Å². The lowest BCUT2D eigenvalue weighted by atomic mass is 10.1. The van der Waals surface area contributed by atoms with Crippen molar-refractivity contribution in [3.05, 3.63) is 29.3 Å². The molecule has 0 saturated carbocycles. The summed E-state index contributed by atoms with van der Waals surface area (Å²) < 4.78 is 4.91. The fourth-order valence-corrected chi connectivity index (χ4v) is 1.82. The molecular weight excluding hydrogens is 202 g/mol. The van der Waals surface area contributed by atoms with Gasteiger partial charge in [-0.1, -0.05) is 5.16 Å². The average Bonchev–Trinajstić information content (AvgIpc) is 2.59. The molecule has 3 aromatic rings. The molecule has 80 valence electrons. The SMILES string of the molecule is Cc1cc2cc3c(N)onc3nc2cc1C. The summed E-state index contributed by atoms with van der Waals surface area (Å²) in [5.74, 6) is 0.322. The number of aryl methyl sites for hydroxylation is 2. The number of anilines is 1. The number of nitrogens with two attached hydrogens (primary N) is 1. The molecule has 0 aliphatic heterocycles. The monoisotopic (exact) mass is 213 g/mol. The van der Waals surface area contributed by atoms with Gasteiger partial charge in [-0.3, -0.25) is 0 Å². The fourth-order valence-electron chi connectivity index (χ4n) is 1.82. The zero-order valence-electron chi connectivity index (χ0n) is 9.11. The Hall–Kier alpha value is -2.10. The van der Waals surface area contributed by atoms with Crippen molar-refractivity contribution in [1.29, 1.82) is 0 Å². The second-order valence-corrected chi connectivity index (χ2v) is 4.04. The first-order chi connectivity index (χ1) is 7.65. The Morgan fingerprint density at radius 1 is 1.12 bits per heavy atom. The number of fused-ring (bicyclic) bond motifs is 2. The Morgan fingerprint density at radius 3 is 2.69 bits per heavy atom. The Kier molecular flexibility index (Phi) is 1.68. The zero-order chi connectivity index (χ0) is 11.3. The zero-order valence-corrected chi connectivity index (χ0v) is 9.11. The van der Waals surface area contributed by atoms with Crippen molar-refractivity contribution in [3.8, 4) is 0 Å². The van der Waals surface area contributed by atoms with E-state index in [1.165, 1.54) is 11.1 Å². The van der Waals surface area contributed by atoms with Crippen LogP contribution in [0.3, 0.4) is 0 Å². The first-order valence-corrected chi connectivity index (χ1v) is 5.08. The van der Waals surface area contributed by atoms with Gasteiger partial charge in [0, 0.05) is 5.39 Å². The van der Waals surface area contributed by atoms with Crippen LogP contribution in [0, 0.1) is 13.8 Å². The van der Waals surface area contributed by atoms with Gasteiger partial charge in [0.05, 0.1) is 10.9 Å². The second-order valence-electron chi connectivity index (χ2n) is 4.04. The molecule has 0 radical (unpaired) electrons. The minimum absolute atomic E-state index is 0.322. The molecule has 0 spiro atoms. The van der Waals surface area contributed by atoms with Crippen molar-refractivity contribution >= 4 is 27.8 Å². The number of benzene rings is 1. The van der Waals surface area contributed by atoms with Crippen molar-refractivity contribution in [2.45, 2.75) is 13.8 Å². The number of nitrogen functional groups attached to an aromatic ring is 1. The summed E-state index contributed by atoms with van der Waals surface area (Å²) in [4.78, 5) is 4.42. The summed E-state index contributed by atoms with van der Waals surface area (Å²) in [5, 5.41) is 5.64. The van der Waals surface area contributed by atoms with Gasteiger partial charge in [-0.25, -0.2) is 4.98 Å². The molecule has 3 rings (SSSR count). The van der Waals surface area contributed by atoms with Gasteiger partial charge in [-0.05, 0) is 43.2 Å². The van der Waals surface area contributed by atoms with E-state index in [1.54, 1.807) is 0 Å². The molecule has 0 saturated heterocycles. The van der Waals surface area contributed by atoms with Crippen LogP contribution in [0.15, 0.2) is 22.7 Å². The summed E-state index contributed by atoms with van der Waals surface area (Å²) in [6.07, 6.45) is 0. The van der Waals surface area contributed by atoms with E-state index < -0.39 is 0 Å². The molecule has 0 fully saturated rings. The third kappa shape index (κ3) is 1.16. The van der Waals surface area contributed by atoms with E-state index in [9.17, 15) is 0 Å². The summed E-state index contributed by atoms with van der Waals surface area (Å²) in [6, 6.07) is 6.12. The second kappa shape index (κ2) is 2.95. The van der Waals surface area contributed by atoms with Crippen molar-refractivity contribution in [3.63, 3.8) is 0 Å². The highest BCUT2D eigenvalue weighted by atomic mass is 16.5. The molecule has 0 amide bonds. The van der Waals surface area contributed by atoms with Crippen molar-refractivity contribution in [2.75, 3.05) is 5.73 Å². The number of pyridine rings is 1. The van der Waals surface area contributed by atoms with Crippen LogP contribution in [0.5, 0.6) is 0 Å². The maximum Gasteiger partial charge on any atom is 0.231 e. The van der Waals surface area contributed by atoms with Gasteiger partial charge in [0.25, 0.3) is 0 Å². The molecule has 0 aliphatic carbocycles. The van der Waals surface area contributed by atoms with Crippen LogP contribution in [0.4, 0.5) is 5.88 Å². The van der Waals surface area contributed by atoms with Crippen molar-refractivity contribution < 1.29 is 4.52 Å². The van der Waals surface area contributed by atoms with E-state index in [4.69, 9.17) is 10.3 Å². The highest BCUT2D eigenvalue weighted by molar-refractivity contribution is 5.95. The van der Waals surface area contributed by atoms with Crippen LogP contribution in [-0.2, 0) is 0 Å². The topological polar surface area (TPSA) is 64.9 Å². The van der Waals surface area contributed by atoms with Gasteiger partial charge >= 0.3 is 0 Å². The van der Waals surface area contributed by atoms with Gasteiger partial charge in [-0.2, -0.15) is 0 Å². The lowest BCUT2D eigenvalue weighted by Crippen LogP contribution is -1.87. The van der Waals surface area contributed by atoms with Crippen LogP contribution in [0.25, 0.3) is 21.9 Å². The third-order valence-corrected chi connectivity index (χ3v) is 2.91. The van der Waals surface area contributed by atoms with Crippen LogP contribution >= 0.6 is 0 Å². The van der Waals surface area contributed by atoms with E-state index in [2.05, 4.69) is 36.1 Å². The van der Waals surface area contributed by atoms with E-state index in [-0.39, 0.29) is 0 Å². The first-order valence-electron chi connectivity index (χ1n) is 5.08. The predicted molar refractivity (Wildman–Crippen MR) is 63.2 cm³/mol. The lowest BCUT2D eigenvalue weighted by Gasteiger charge is -2.02. The van der Waals surface area contributed by atoms with E-state index >= 15 is 0 Å². The highest BCUT2D eigenvalue weighted by Crippen LogP contribution is 2.25. The molecule has 1 aromatic carbocycles. The fraction of sp³-hybridized carbons (Fsp3) is 0.167. The quantitative estimate of drug-likeness (QED) is 0.623. The molecule has 2 aromatic heterocycles. The molecule has 0 aliphatic rings. The number of nitrogens with zero attached hydrogens (tertiary/aromatic N) is 2. The predicted octanol–water partition coefficient (Wildman–Crippen LogP) is 2.58. The summed E-state index contributed by atoms with van der Waals surface area (Å²) >= 11 is 0. The van der Waals surface area contributed by atoms with Gasteiger partial charge < -0.3 is 10.3 Å². The van der Waals surface area contributed by atoms with Crippen LogP contribution < -0.4 is 5.73 Å². The molecule has 0 atom stereocenters. The lowest BCUT2D eigenvalue weighted by molar-refractivity contribution is 0.443. The Bertz CT molecular complexity index is 700. The molecule has 2 N–H and O–H groups in total. The van der Waals surface area contributed by atoms with Crippen LogP contribution in [-0.4, -0.2) is 10.1 Å². The molecule has 2 heterocycles. The molecule has 0 unspecified atom stereocenters. The smallest absolute Gasteiger partial charge is 0.231 e. The van der Waals surface area contributed by atoms with Gasteiger partial charge in [-0.15, -0.1) is 0 Å². The summed E-state index contributed by atoms with van der Waals surface area (Å²) in [5.41, 5.74) is 9.61. The number of rotatable bonds is 0. The van der Waals surface area contributed by atoms with Crippen LogP contribution in [0.2, 0.25) is 0 Å². The highest BCUT2D eigenvalue weighted by Gasteiger charge is 2.08. The maximum absolute atomic E-state index is 5.67. The molecule has 16 heavy (non-hydrogen) atoms. The Morgan fingerprint density at radius 2 is 1.88 bits per heavy atom. The van der Waals surface area contributed by atoms with Gasteiger partial charge in [0.15, 0.2) is 0 Å². The summed E-state index contributed by atoms with van der Waals surface area (Å²) in [6.45, 7) is 4.15. The van der Waals surface area contributed by atoms with Crippen molar-refractivity contribution in [2.24, 2.45) is 0 Å². The summed E-state index contributed by atoms with van der Waals surface area (Å²) in [7, 11) is 0. The van der Waals surface area contributed by atoms with E-state index in [1.807, 2.05) is 6.07 Å². The van der Waals surface area contributed by atoms with Crippen LogP contribution in [0.1, 0.15) is 11.1 Å². The Balaban J connectivity index is 2.48. The minimum atomic E-state index is 0.322. The minimum Gasteiger partial charge on any atom is -0.367 e. The number of aromatic nitrogens is 2. The van der Waals surface area contributed by atoms with Crippen molar-refractivity contribution in [1.82, 2.24) is 10.1 Å². The Labute approximate surface area is 92.0 Å². The molecule has 4 heteroatoms. The molecule has 0 bridgehead atoms. The third-order valence-electron chi connectivity index (χ3n) is 2.91. The normalized spacial score (nSPS) is 11.4. The number of hydrogen-bond acceptors (Lipinski definition) is 4. The average molecular weight is 213 g/mol. The molecule has 4 nitrogen and oxygen atoms in total. The maximum atomic E-state index is 5.67. The first kappa shape index (κ1) is 9.15. The van der Waals surface area contributed by atoms with E-state index in [0.29, 0.717) is 11.5 Å². The van der Waals surface area contributed by atoms with Gasteiger partial charge in [0.1, 0.15) is 0 Å². The number of hydrogen-bond donors (Lipinski definition) is 1.